The van der Waals surface area contributed by atoms with Gasteiger partial charge in [0.1, 0.15) is 19.3 Å². The Morgan fingerprint density at radius 3 is 0.888 bits per heavy atom. The second-order valence-electron chi connectivity index (χ2n) is 25.6. The van der Waals surface area contributed by atoms with Crippen molar-refractivity contribution in [3.05, 3.63) is 97.2 Å². The summed E-state index contributed by atoms with van der Waals surface area (Å²) in [6.45, 7) is 4.65. The fourth-order valence-electron chi connectivity index (χ4n) is 10.2. The number of hydrogen-bond acceptors (Lipinski definition) is 15. The average Bonchev–Trinajstić information content (AvgIpc) is 0.966. The highest BCUT2D eigenvalue weighted by Gasteiger charge is 2.30. The summed E-state index contributed by atoms with van der Waals surface area (Å²) in [6.07, 6.45) is 74.1. The third-order valence-corrected chi connectivity index (χ3v) is 17.9. The molecule has 5 atom stereocenters. The summed E-state index contributed by atoms with van der Waals surface area (Å²) in [6, 6.07) is 0. The van der Waals surface area contributed by atoms with Gasteiger partial charge in [0.25, 0.3) is 0 Å². The van der Waals surface area contributed by atoms with E-state index in [-0.39, 0.29) is 25.7 Å². The molecule has 0 heterocycles. The van der Waals surface area contributed by atoms with Crippen LogP contribution < -0.4 is 0 Å². The van der Waals surface area contributed by atoms with Crippen LogP contribution in [0.25, 0.3) is 0 Å². The Balaban J connectivity index is 5.39. The van der Waals surface area contributed by atoms with Crippen molar-refractivity contribution < 1.29 is 80.2 Å². The number of rotatable bonds is 72. The molecule has 0 rings (SSSR count). The van der Waals surface area contributed by atoms with Gasteiger partial charge in [-0.3, -0.25) is 37.3 Å². The number of carbonyl (C=O) groups excluding carboxylic acids is 4. The van der Waals surface area contributed by atoms with Crippen LogP contribution in [0.5, 0.6) is 0 Å². The number of phosphoric ester groups is 2. The first-order valence-corrected chi connectivity index (χ1v) is 41.5. The van der Waals surface area contributed by atoms with Gasteiger partial charge in [-0.2, -0.15) is 0 Å². The molecule has 0 saturated heterocycles. The first-order chi connectivity index (χ1) is 47.7. The molecule has 5 unspecified atom stereocenters. The van der Waals surface area contributed by atoms with Crippen LogP contribution in [0.15, 0.2) is 97.2 Å². The summed E-state index contributed by atoms with van der Waals surface area (Å²) >= 11 is 0. The van der Waals surface area contributed by atoms with Gasteiger partial charge in [0.2, 0.25) is 0 Å². The van der Waals surface area contributed by atoms with E-state index in [1.165, 1.54) is 103 Å². The zero-order valence-corrected chi connectivity index (χ0v) is 63.5. The van der Waals surface area contributed by atoms with Gasteiger partial charge in [-0.25, -0.2) is 9.13 Å². The molecule has 0 amide bonds. The van der Waals surface area contributed by atoms with Crippen molar-refractivity contribution in [2.45, 2.75) is 341 Å². The lowest BCUT2D eigenvalue weighted by Crippen LogP contribution is -2.30. The molecular weight excluding hydrogens is 1280 g/mol. The van der Waals surface area contributed by atoms with E-state index in [9.17, 15) is 43.2 Å². The maximum absolute atomic E-state index is 13.1. The molecule has 98 heavy (non-hydrogen) atoms. The quantitative estimate of drug-likeness (QED) is 0.0169. The Bertz CT molecular complexity index is 2240. The maximum atomic E-state index is 13.1. The van der Waals surface area contributed by atoms with Crippen LogP contribution in [0.1, 0.15) is 323 Å². The number of allylic oxidation sites excluding steroid dienone is 16. The highest BCUT2D eigenvalue weighted by atomic mass is 31.2. The topological polar surface area (TPSA) is 237 Å². The molecule has 566 valence electrons. The van der Waals surface area contributed by atoms with Crippen LogP contribution in [-0.4, -0.2) is 96.7 Å². The number of aliphatic hydroxyl groups excluding tert-OH is 1. The Hall–Kier alpha value is -4.02. The van der Waals surface area contributed by atoms with Gasteiger partial charge < -0.3 is 33.8 Å². The zero-order chi connectivity index (χ0) is 71.8. The van der Waals surface area contributed by atoms with Gasteiger partial charge in [-0.1, -0.05) is 279 Å². The number of aliphatic hydroxyl groups is 1. The van der Waals surface area contributed by atoms with Crippen molar-refractivity contribution >= 4 is 39.5 Å². The van der Waals surface area contributed by atoms with Gasteiger partial charge in [-0.15, -0.1) is 0 Å². The Kier molecular flexibility index (Phi) is 68.4. The molecule has 0 aliphatic carbocycles. The molecule has 0 fully saturated rings. The number of ether oxygens (including phenoxy) is 4. The molecule has 0 aliphatic heterocycles. The highest BCUT2D eigenvalue weighted by molar-refractivity contribution is 7.47. The molecule has 0 aromatic heterocycles. The number of carbonyl (C=O) groups is 4. The molecule has 3 N–H and O–H groups in total. The summed E-state index contributed by atoms with van der Waals surface area (Å²) in [4.78, 5) is 72.8. The van der Waals surface area contributed by atoms with Crippen LogP contribution in [0.4, 0.5) is 0 Å². The lowest BCUT2D eigenvalue weighted by atomic mass is 10.0. The van der Waals surface area contributed by atoms with Crippen LogP contribution in [0, 0.1) is 0 Å². The zero-order valence-electron chi connectivity index (χ0n) is 61.7. The molecule has 0 aromatic carbocycles. The smallest absolute Gasteiger partial charge is 0.462 e. The third kappa shape index (κ3) is 70.4. The third-order valence-electron chi connectivity index (χ3n) is 16.0. The monoisotopic (exact) mass is 1420 g/mol. The van der Waals surface area contributed by atoms with E-state index in [0.717, 1.165) is 135 Å². The Morgan fingerprint density at radius 2 is 0.551 bits per heavy atom. The summed E-state index contributed by atoms with van der Waals surface area (Å²) in [7, 11) is -9.96. The Morgan fingerprint density at radius 1 is 0.296 bits per heavy atom. The van der Waals surface area contributed by atoms with E-state index in [2.05, 4.69) is 107 Å². The average molecular weight is 1420 g/mol. The summed E-state index contributed by atoms with van der Waals surface area (Å²) < 4.78 is 68.4. The number of phosphoric acid groups is 2. The standard InChI is InChI=1S/C79H138O17P2/c1-5-9-13-17-21-25-29-33-34-35-36-37-38-42-44-48-52-56-60-64-77(82)90-70-75(96-79(84)66-62-58-54-50-46-41-32-28-24-20-16-12-8-4)72-94-98(87,88)92-68-73(80)67-91-97(85,86)93-71-74(95-78(83)65-61-57-53-49-45-40-31-27-23-19-15-11-7-3)69-89-76(81)63-59-55-51-47-43-39-30-26-22-18-14-10-6-2/h9,13,21,25-27,30-31,33-34,36-37,42,44,52,56,73-75,80H,5-8,10-12,14-20,22-24,28-29,32,35,38-41,43,45-51,53-55,57-72H2,1-4H3,(H,85,86)(H,87,88)/b13-9-,25-21-,30-26-,31-27-,34-33-,37-36-,44-42-,56-52-. The van der Waals surface area contributed by atoms with Gasteiger partial charge in [0.05, 0.1) is 26.4 Å². The van der Waals surface area contributed by atoms with E-state index in [4.69, 9.17) is 37.0 Å². The number of hydrogen-bond donors (Lipinski definition) is 3. The largest absolute Gasteiger partial charge is 0.472 e. The molecule has 0 bridgehead atoms. The van der Waals surface area contributed by atoms with E-state index in [0.29, 0.717) is 32.1 Å². The summed E-state index contributed by atoms with van der Waals surface area (Å²) in [5, 5.41) is 10.6. The lowest BCUT2D eigenvalue weighted by Gasteiger charge is -2.21. The number of esters is 4. The van der Waals surface area contributed by atoms with Gasteiger partial charge >= 0.3 is 39.5 Å². The van der Waals surface area contributed by atoms with Crippen molar-refractivity contribution in [1.29, 1.82) is 0 Å². The van der Waals surface area contributed by atoms with E-state index in [1.807, 2.05) is 18.2 Å². The van der Waals surface area contributed by atoms with Gasteiger partial charge in [0.15, 0.2) is 12.2 Å². The predicted molar refractivity (Wildman–Crippen MR) is 399 cm³/mol. The minimum absolute atomic E-state index is 0.0378. The van der Waals surface area contributed by atoms with Crippen molar-refractivity contribution in [3.63, 3.8) is 0 Å². The molecule has 0 saturated carbocycles. The van der Waals surface area contributed by atoms with E-state index < -0.39 is 97.5 Å². The first-order valence-electron chi connectivity index (χ1n) is 38.5. The normalized spacial score (nSPS) is 14.5. The molecule has 0 radical (unpaired) electrons. The Labute approximate surface area is 595 Å². The van der Waals surface area contributed by atoms with Crippen LogP contribution in [-0.2, 0) is 65.4 Å². The van der Waals surface area contributed by atoms with Gasteiger partial charge in [-0.05, 0) is 116 Å². The minimum Gasteiger partial charge on any atom is -0.462 e. The molecule has 17 nitrogen and oxygen atoms in total. The maximum Gasteiger partial charge on any atom is 0.472 e. The molecule has 0 spiro atoms. The molecule has 0 aliphatic rings. The number of unbranched alkanes of at least 4 members (excludes halogenated alkanes) is 30. The van der Waals surface area contributed by atoms with Crippen molar-refractivity contribution in [2.24, 2.45) is 0 Å². The van der Waals surface area contributed by atoms with Gasteiger partial charge in [0, 0.05) is 25.7 Å². The van der Waals surface area contributed by atoms with Crippen molar-refractivity contribution in [1.82, 2.24) is 0 Å². The second-order valence-corrected chi connectivity index (χ2v) is 28.5. The highest BCUT2D eigenvalue weighted by Crippen LogP contribution is 2.45. The van der Waals surface area contributed by atoms with Crippen molar-refractivity contribution in [2.75, 3.05) is 39.6 Å². The predicted octanol–water partition coefficient (Wildman–Crippen LogP) is 22.0. The molecule has 19 heteroatoms. The SMILES string of the molecule is CC/C=C\C/C=C\C/C=C\C/C=C\C/C=C\C/C=C\CCC(=O)OCC(COP(=O)(O)OCC(O)COP(=O)(O)OCC(COC(=O)CCCCCCC/C=C\CCCCCC)OC(=O)CCCCCCC/C=C\CCCCCC)OC(=O)CCCCCCCCCCCCCCC. The first kappa shape index (κ1) is 94.0. The van der Waals surface area contributed by atoms with Crippen LogP contribution in [0.3, 0.4) is 0 Å². The fourth-order valence-corrected chi connectivity index (χ4v) is 11.8. The van der Waals surface area contributed by atoms with Crippen LogP contribution in [0.2, 0.25) is 0 Å². The second kappa shape index (κ2) is 71.4. The van der Waals surface area contributed by atoms with E-state index in [1.54, 1.807) is 0 Å². The molecular formula is C79H138O17P2. The van der Waals surface area contributed by atoms with Crippen LogP contribution >= 0.6 is 15.6 Å². The summed E-state index contributed by atoms with van der Waals surface area (Å²) in [5.74, 6) is -2.28. The minimum atomic E-state index is -4.99. The lowest BCUT2D eigenvalue weighted by molar-refractivity contribution is -0.161. The van der Waals surface area contributed by atoms with E-state index >= 15 is 0 Å². The molecule has 0 aromatic rings. The summed E-state index contributed by atoms with van der Waals surface area (Å²) in [5.41, 5.74) is 0. The fraction of sp³-hybridized carbons (Fsp3) is 0.747. The van der Waals surface area contributed by atoms with Crippen molar-refractivity contribution in [3.8, 4) is 0 Å².